The van der Waals surface area contributed by atoms with Gasteiger partial charge < -0.3 is 10.5 Å². The van der Waals surface area contributed by atoms with Crippen molar-refractivity contribution in [3.8, 4) is 11.3 Å². The van der Waals surface area contributed by atoms with Gasteiger partial charge in [-0.05, 0) is 50.2 Å². The van der Waals surface area contributed by atoms with Gasteiger partial charge in [0.1, 0.15) is 5.82 Å². The molecular formula is C22H26F3N5O. The second-order valence-electron chi connectivity index (χ2n) is 9.52. The number of piperidine rings is 1. The van der Waals surface area contributed by atoms with Gasteiger partial charge in [-0.1, -0.05) is 0 Å². The Morgan fingerprint density at radius 3 is 2.45 bits per heavy atom. The fourth-order valence-electron chi connectivity index (χ4n) is 5.81. The van der Waals surface area contributed by atoms with Crippen LogP contribution < -0.4 is 5.73 Å². The lowest BCUT2D eigenvalue weighted by Gasteiger charge is -2.41. The smallest absolute Gasteiger partial charge is 0.383 e. The predicted octanol–water partition coefficient (Wildman–Crippen LogP) is 3.85. The molecule has 1 unspecified atom stereocenters. The van der Waals surface area contributed by atoms with Gasteiger partial charge in [-0.15, -0.1) is 0 Å². The topological polar surface area (TPSA) is 69.2 Å². The molecule has 9 heteroatoms. The highest BCUT2D eigenvalue weighted by molar-refractivity contribution is 5.63. The maximum Gasteiger partial charge on any atom is 0.419 e. The molecule has 2 N–H and O–H groups in total. The lowest BCUT2D eigenvalue weighted by molar-refractivity contribution is -0.137. The number of nitrogen functional groups attached to an aromatic ring is 1. The van der Waals surface area contributed by atoms with Gasteiger partial charge in [-0.3, -0.25) is 9.58 Å². The Morgan fingerprint density at radius 1 is 1.06 bits per heavy atom. The summed E-state index contributed by atoms with van der Waals surface area (Å²) in [5, 5.41) is 4.80. The van der Waals surface area contributed by atoms with Gasteiger partial charge in [0.25, 0.3) is 0 Å². The van der Waals surface area contributed by atoms with Crippen LogP contribution in [0.3, 0.4) is 0 Å². The molecule has 2 bridgehead atoms. The van der Waals surface area contributed by atoms with E-state index in [0.717, 1.165) is 45.1 Å². The highest BCUT2D eigenvalue weighted by Crippen LogP contribution is 2.50. The van der Waals surface area contributed by atoms with Crippen molar-refractivity contribution in [3.05, 3.63) is 29.6 Å². The Balaban J connectivity index is 1.33. The van der Waals surface area contributed by atoms with Crippen molar-refractivity contribution in [2.24, 2.45) is 5.92 Å². The Hall–Kier alpha value is -2.13. The monoisotopic (exact) mass is 433 g/mol. The third kappa shape index (κ3) is 3.16. The summed E-state index contributed by atoms with van der Waals surface area (Å²) in [6, 6.07) is 4.58. The number of nitrogens with two attached hydrogens (primary N) is 1. The van der Waals surface area contributed by atoms with Gasteiger partial charge in [-0.2, -0.15) is 18.3 Å². The number of hydrogen-bond acceptors (Lipinski definition) is 5. The summed E-state index contributed by atoms with van der Waals surface area (Å²) < 4.78 is 47.5. The van der Waals surface area contributed by atoms with Crippen LogP contribution in [0.15, 0.2) is 18.3 Å². The molecule has 0 aromatic carbocycles. The predicted molar refractivity (Wildman–Crippen MR) is 108 cm³/mol. The molecule has 4 aliphatic rings. The molecule has 4 fully saturated rings. The van der Waals surface area contributed by atoms with Crippen molar-refractivity contribution in [2.75, 3.05) is 25.5 Å². The van der Waals surface area contributed by atoms with Crippen LogP contribution in [0.5, 0.6) is 0 Å². The minimum absolute atomic E-state index is 0.350. The van der Waals surface area contributed by atoms with E-state index in [2.05, 4.69) is 14.6 Å². The van der Waals surface area contributed by atoms with E-state index in [1.807, 2.05) is 6.07 Å². The van der Waals surface area contributed by atoms with E-state index in [1.165, 1.54) is 24.7 Å². The van der Waals surface area contributed by atoms with Gasteiger partial charge in [0.05, 0.1) is 36.6 Å². The Bertz CT molecular complexity index is 998. The normalized spacial score (nSPS) is 29.3. The first-order valence-electron chi connectivity index (χ1n) is 11.1. The van der Waals surface area contributed by atoms with Crippen molar-refractivity contribution in [2.45, 2.75) is 62.3 Å². The minimum atomic E-state index is -4.54. The highest BCUT2D eigenvalue weighted by atomic mass is 19.4. The molecule has 0 radical (unpaired) electrons. The zero-order valence-corrected chi connectivity index (χ0v) is 17.2. The van der Waals surface area contributed by atoms with Crippen molar-refractivity contribution in [1.29, 1.82) is 0 Å². The molecule has 2 aromatic heterocycles. The van der Waals surface area contributed by atoms with E-state index in [9.17, 15) is 13.2 Å². The van der Waals surface area contributed by atoms with E-state index in [0.29, 0.717) is 41.2 Å². The van der Waals surface area contributed by atoms with Crippen LogP contribution >= 0.6 is 0 Å². The van der Waals surface area contributed by atoms with E-state index in [1.54, 1.807) is 0 Å². The van der Waals surface area contributed by atoms with Crippen LogP contribution in [0.25, 0.3) is 11.3 Å². The molecule has 6 nitrogen and oxygen atoms in total. The third-order valence-corrected chi connectivity index (χ3v) is 7.76. The second kappa shape index (κ2) is 6.93. The van der Waals surface area contributed by atoms with Crippen molar-refractivity contribution >= 4 is 5.82 Å². The molecule has 3 atom stereocenters. The largest absolute Gasteiger partial charge is 0.419 e. The maximum absolute atomic E-state index is 13.3. The molecule has 31 heavy (non-hydrogen) atoms. The number of anilines is 1. The molecule has 2 saturated heterocycles. The SMILES string of the molecule is Nc1ncc(-c2cc([C@H]3CC4C[C@@H]3CN4C3COC3)n(C3CCC3)n2)cc1C(F)(F)F. The highest BCUT2D eigenvalue weighted by Gasteiger charge is 2.49. The number of ether oxygens (including phenoxy) is 1. The van der Waals surface area contributed by atoms with Gasteiger partial charge >= 0.3 is 6.18 Å². The molecular weight excluding hydrogens is 407 g/mol. The summed E-state index contributed by atoms with van der Waals surface area (Å²) in [5.41, 5.74) is 6.71. The molecule has 4 heterocycles. The first-order chi connectivity index (χ1) is 14.9. The molecule has 2 aliphatic heterocycles. The first-order valence-corrected chi connectivity index (χ1v) is 11.1. The number of aromatic nitrogens is 3. The summed E-state index contributed by atoms with van der Waals surface area (Å²) in [4.78, 5) is 6.42. The average molecular weight is 433 g/mol. The summed E-state index contributed by atoms with van der Waals surface area (Å²) >= 11 is 0. The number of alkyl halides is 3. The van der Waals surface area contributed by atoms with Gasteiger partial charge in [0.2, 0.25) is 0 Å². The number of likely N-dealkylation sites (tertiary alicyclic amines) is 1. The fourth-order valence-corrected chi connectivity index (χ4v) is 5.81. The minimum Gasteiger partial charge on any atom is -0.383 e. The maximum atomic E-state index is 13.3. The first kappa shape index (κ1) is 19.5. The van der Waals surface area contributed by atoms with Gasteiger partial charge in [0.15, 0.2) is 0 Å². The lowest BCUT2D eigenvalue weighted by atomic mass is 9.88. The number of rotatable bonds is 4. The second-order valence-corrected chi connectivity index (χ2v) is 9.52. The summed E-state index contributed by atoms with van der Waals surface area (Å²) in [7, 11) is 0. The zero-order chi connectivity index (χ0) is 21.3. The number of halogens is 3. The van der Waals surface area contributed by atoms with E-state index in [4.69, 9.17) is 15.6 Å². The third-order valence-electron chi connectivity index (χ3n) is 7.76. The van der Waals surface area contributed by atoms with Gasteiger partial charge in [0, 0.05) is 36.0 Å². The van der Waals surface area contributed by atoms with Crippen LogP contribution in [0.2, 0.25) is 0 Å². The molecule has 0 spiro atoms. The van der Waals surface area contributed by atoms with Crippen molar-refractivity contribution in [3.63, 3.8) is 0 Å². The fraction of sp³-hybridized carbons (Fsp3) is 0.636. The molecule has 6 rings (SSSR count). The number of fused-ring (bicyclic) bond motifs is 2. The van der Waals surface area contributed by atoms with Gasteiger partial charge in [-0.25, -0.2) is 4.98 Å². The number of pyridine rings is 1. The lowest BCUT2D eigenvalue weighted by Crippen LogP contribution is -2.52. The van der Waals surface area contributed by atoms with Crippen LogP contribution in [-0.4, -0.2) is 51.5 Å². The van der Waals surface area contributed by atoms with E-state index >= 15 is 0 Å². The Morgan fingerprint density at radius 2 is 1.87 bits per heavy atom. The summed E-state index contributed by atoms with van der Waals surface area (Å²) in [6.07, 6.45) is 2.48. The summed E-state index contributed by atoms with van der Waals surface area (Å²) in [5.74, 6) is 0.486. The van der Waals surface area contributed by atoms with Crippen LogP contribution in [0.1, 0.15) is 55.3 Å². The van der Waals surface area contributed by atoms with Crippen molar-refractivity contribution in [1.82, 2.24) is 19.7 Å². The molecule has 2 aliphatic carbocycles. The molecule has 0 amide bonds. The quantitative estimate of drug-likeness (QED) is 0.793. The standard InChI is InChI=1S/C22H26F3N5O/c23-22(24,25)18-5-12(8-27-21(18)26)19-7-20(30(28-19)14-2-1-3-14)17-6-15-4-13(17)9-29(15)16-10-31-11-16/h5,7-8,13-17H,1-4,6,9-11H2,(H2,26,27)/t13-,15?,17+/m1/s1. The Kier molecular flexibility index (Phi) is 4.37. The van der Waals surface area contributed by atoms with Crippen LogP contribution in [0, 0.1) is 5.92 Å². The zero-order valence-electron chi connectivity index (χ0n) is 17.2. The molecule has 166 valence electrons. The average Bonchev–Trinajstić information content (AvgIpc) is 3.32. The molecule has 2 aromatic rings. The van der Waals surface area contributed by atoms with E-state index in [-0.39, 0.29) is 0 Å². The van der Waals surface area contributed by atoms with Crippen LogP contribution in [0.4, 0.5) is 19.0 Å². The van der Waals surface area contributed by atoms with Crippen molar-refractivity contribution < 1.29 is 17.9 Å². The number of hydrogen-bond donors (Lipinski definition) is 1. The van der Waals surface area contributed by atoms with Crippen LogP contribution in [-0.2, 0) is 10.9 Å². The summed E-state index contributed by atoms with van der Waals surface area (Å²) in [6.45, 7) is 2.75. The number of nitrogens with zero attached hydrogens (tertiary/aromatic N) is 4. The Labute approximate surface area is 178 Å². The molecule has 2 saturated carbocycles. The van der Waals surface area contributed by atoms with E-state index < -0.39 is 17.6 Å².